The normalized spacial score (nSPS) is 17.5. The van der Waals surface area contributed by atoms with Crippen molar-refractivity contribution in [3.63, 3.8) is 0 Å². The van der Waals surface area contributed by atoms with Gasteiger partial charge in [0.2, 0.25) is 5.78 Å². The number of nitrogens with two attached hydrogens (primary N) is 1. The molecule has 0 radical (unpaired) electrons. The molecule has 0 atom stereocenters. The van der Waals surface area contributed by atoms with Gasteiger partial charge >= 0.3 is 0 Å². The molecule has 0 aromatic heterocycles. The molecule has 1 rings (SSSR count). The highest BCUT2D eigenvalue weighted by Gasteiger charge is 2.22. The lowest BCUT2D eigenvalue weighted by atomic mass is 9.97. The Labute approximate surface area is 84.6 Å². The number of ketones is 1. The van der Waals surface area contributed by atoms with Crippen molar-refractivity contribution in [3.8, 4) is 0 Å². The van der Waals surface area contributed by atoms with Crippen molar-refractivity contribution < 1.29 is 4.79 Å². The third-order valence-electron chi connectivity index (χ3n) is 1.71. The topological polar surface area (TPSA) is 66.9 Å². The lowest BCUT2D eigenvalue weighted by Crippen LogP contribution is -2.26. The fourth-order valence-corrected chi connectivity index (χ4v) is 1.48. The van der Waals surface area contributed by atoms with Gasteiger partial charge in [0.05, 0.1) is 5.70 Å². The molecule has 0 heterocycles. The van der Waals surface area contributed by atoms with E-state index in [0.29, 0.717) is 16.5 Å². The number of hydrogen-bond acceptors (Lipinski definition) is 3. The highest BCUT2D eigenvalue weighted by Crippen LogP contribution is 2.22. The minimum Gasteiger partial charge on any atom is -0.396 e. The Morgan fingerprint density at radius 2 is 2.31 bits per heavy atom. The fourth-order valence-electron chi connectivity index (χ4n) is 1.01. The summed E-state index contributed by atoms with van der Waals surface area (Å²) in [5.74, 6) is -0.319. The second-order valence-corrected chi connectivity index (χ2v) is 3.48. The summed E-state index contributed by atoms with van der Waals surface area (Å²) >= 11 is 3.18. The van der Waals surface area contributed by atoms with E-state index in [1.165, 1.54) is 0 Å². The van der Waals surface area contributed by atoms with Gasteiger partial charge in [0, 0.05) is 10.1 Å². The van der Waals surface area contributed by atoms with E-state index in [4.69, 9.17) is 11.1 Å². The number of nitrogens with one attached hydrogen (secondary N) is 1. The maximum Gasteiger partial charge on any atom is 0.209 e. The van der Waals surface area contributed by atoms with Crippen LogP contribution in [0.15, 0.2) is 34.5 Å². The number of Topliss-reactive ketones (excluding diaryl/α,β-unsaturated/α-hetero) is 1. The molecule has 1 aliphatic rings. The van der Waals surface area contributed by atoms with Gasteiger partial charge in [-0.1, -0.05) is 6.08 Å². The van der Waals surface area contributed by atoms with Crippen LogP contribution in [0.5, 0.6) is 0 Å². The Balaban J connectivity index is 3.12. The molecule has 4 heteroatoms. The molecule has 0 fully saturated rings. The van der Waals surface area contributed by atoms with Gasteiger partial charge in [0.15, 0.2) is 0 Å². The standard InChI is InChI=1S/C9H9BrN2O/c1-2-3-5-4-6(10)7(11)8(12)9(5)13/h2,4,12H,1,3,11H2. The molecule has 0 aromatic rings. The van der Waals surface area contributed by atoms with E-state index in [1.807, 2.05) is 0 Å². The molecule has 13 heavy (non-hydrogen) atoms. The van der Waals surface area contributed by atoms with Crippen LogP contribution < -0.4 is 5.73 Å². The Hall–Kier alpha value is -1.16. The number of carbonyl (C=O) groups is 1. The summed E-state index contributed by atoms with van der Waals surface area (Å²) in [6.07, 6.45) is 3.72. The van der Waals surface area contributed by atoms with Crippen LogP contribution in [0.3, 0.4) is 0 Å². The largest absolute Gasteiger partial charge is 0.396 e. The second kappa shape index (κ2) is 3.70. The monoisotopic (exact) mass is 240 g/mol. The van der Waals surface area contributed by atoms with E-state index < -0.39 is 0 Å². The molecule has 68 valence electrons. The molecular formula is C9H9BrN2O. The van der Waals surface area contributed by atoms with Gasteiger partial charge in [0.25, 0.3) is 0 Å². The first kappa shape index (κ1) is 9.92. The molecule has 0 saturated carbocycles. The van der Waals surface area contributed by atoms with Gasteiger partial charge in [0.1, 0.15) is 5.71 Å². The highest BCUT2D eigenvalue weighted by molar-refractivity contribution is 9.12. The predicted octanol–water partition coefficient (Wildman–Crippen LogP) is 1.66. The van der Waals surface area contributed by atoms with Gasteiger partial charge in [-0.05, 0) is 28.4 Å². The van der Waals surface area contributed by atoms with Crippen LogP contribution in [0, 0.1) is 5.41 Å². The van der Waals surface area contributed by atoms with Crippen molar-refractivity contribution in [2.45, 2.75) is 6.42 Å². The molecule has 3 nitrogen and oxygen atoms in total. The molecular weight excluding hydrogens is 232 g/mol. The minimum absolute atomic E-state index is 0.147. The maximum atomic E-state index is 11.4. The van der Waals surface area contributed by atoms with Gasteiger partial charge in [-0.25, -0.2) is 0 Å². The Kier molecular flexibility index (Phi) is 2.83. The molecule has 1 aliphatic carbocycles. The number of carbonyl (C=O) groups excluding carboxylic acids is 1. The number of hydrogen-bond donors (Lipinski definition) is 2. The predicted molar refractivity (Wildman–Crippen MR) is 55.8 cm³/mol. The van der Waals surface area contributed by atoms with E-state index in [-0.39, 0.29) is 17.2 Å². The average molecular weight is 241 g/mol. The Morgan fingerprint density at radius 3 is 2.85 bits per heavy atom. The molecule has 0 unspecified atom stereocenters. The van der Waals surface area contributed by atoms with Crippen LogP contribution >= 0.6 is 15.9 Å². The first-order valence-electron chi connectivity index (χ1n) is 3.68. The van der Waals surface area contributed by atoms with Crippen LogP contribution in [0.2, 0.25) is 0 Å². The van der Waals surface area contributed by atoms with Crippen molar-refractivity contribution in [2.75, 3.05) is 0 Å². The summed E-state index contributed by atoms with van der Waals surface area (Å²) in [7, 11) is 0. The van der Waals surface area contributed by atoms with Crippen LogP contribution in [-0.4, -0.2) is 11.5 Å². The summed E-state index contributed by atoms with van der Waals surface area (Å²) in [5, 5.41) is 7.40. The van der Waals surface area contributed by atoms with Crippen molar-refractivity contribution >= 4 is 27.4 Å². The van der Waals surface area contributed by atoms with Crippen LogP contribution in [0.25, 0.3) is 0 Å². The van der Waals surface area contributed by atoms with Crippen LogP contribution in [-0.2, 0) is 4.79 Å². The van der Waals surface area contributed by atoms with Crippen molar-refractivity contribution in [1.82, 2.24) is 0 Å². The van der Waals surface area contributed by atoms with Gasteiger partial charge in [-0.15, -0.1) is 6.58 Å². The van der Waals surface area contributed by atoms with Crippen molar-refractivity contribution in [1.29, 1.82) is 5.41 Å². The first-order chi connectivity index (χ1) is 6.07. The van der Waals surface area contributed by atoms with E-state index in [9.17, 15) is 4.79 Å². The number of allylic oxidation sites excluding steroid dienone is 5. The third kappa shape index (κ3) is 1.78. The SMILES string of the molecule is C=CCC1=CC(Br)=C(N)C(=N)C1=O. The van der Waals surface area contributed by atoms with Gasteiger partial charge in [-0.3, -0.25) is 10.2 Å². The van der Waals surface area contributed by atoms with Crippen molar-refractivity contribution in [2.24, 2.45) is 5.73 Å². The van der Waals surface area contributed by atoms with Crippen LogP contribution in [0.4, 0.5) is 0 Å². The second-order valence-electron chi connectivity index (χ2n) is 2.63. The van der Waals surface area contributed by atoms with E-state index in [2.05, 4.69) is 22.5 Å². The van der Waals surface area contributed by atoms with Gasteiger partial charge in [-0.2, -0.15) is 0 Å². The summed E-state index contributed by atoms with van der Waals surface area (Å²) in [4.78, 5) is 11.4. The zero-order chi connectivity index (χ0) is 10.0. The zero-order valence-corrected chi connectivity index (χ0v) is 8.52. The molecule has 0 aromatic carbocycles. The molecule has 0 saturated heterocycles. The zero-order valence-electron chi connectivity index (χ0n) is 6.93. The molecule has 0 spiro atoms. The molecule has 3 N–H and O–H groups in total. The van der Waals surface area contributed by atoms with Gasteiger partial charge < -0.3 is 5.73 Å². The lowest BCUT2D eigenvalue weighted by molar-refractivity contribution is -0.109. The fraction of sp³-hybridized carbons (Fsp3) is 0.111. The molecule has 0 aliphatic heterocycles. The minimum atomic E-state index is -0.319. The number of rotatable bonds is 2. The lowest BCUT2D eigenvalue weighted by Gasteiger charge is -2.12. The summed E-state index contributed by atoms with van der Waals surface area (Å²) < 4.78 is 0.592. The Morgan fingerprint density at radius 1 is 1.69 bits per heavy atom. The van der Waals surface area contributed by atoms with Crippen LogP contribution in [0.1, 0.15) is 6.42 Å². The first-order valence-corrected chi connectivity index (χ1v) is 4.47. The Bertz CT molecular complexity index is 353. The summed E-state index contributed by atoms with van der Waals surface area (Å²) in [6, 6.07) is 0. The smallest absolute Gasteiger partial charge is 0.209 e. The quantitative estimate of drug-likeness (QED) is 0.570. The molecule has 0 amide bonds. The van der Waals surface area contributed by atoms with E-state index >= 15 is 0 Å². The van der Waals surface area contributed by atoms with E-state index in [1.54, 1.807) is 12.2 Å². The van der Waals surface area contributed by atoms with Crippen molar-refractivity contribution in [3.05, 3.63) is 34.5 Å². The average Bonchev–Trinajstić information content (AvgIpc) is 2.11. The maximum absolute atomic E-state index is 11.4. The highest BCUT2D eigenvalue weighted by atomic mass is 79.9. The number of halogens is 1. The molecule has 0 bridgehead atoms. The third-order valence-corrected chi connectivity index (χ3v) is 2.37. The summed E-state index contributed by atoms with van der Waals surface area (Å²) in [6.45, 7) is 3.53. The van der Waals surface area contributed by atoms with E-state index in [0.717, 1.165) is 0 Å². The summed E-state index contributed by atoms with van der Waals surface area (Å²) in [5.41, 5.74) is 6.08.